The van der Waals surface area contributed by atoms with Crippen molar-refractivity contribution in [1.29, 1.82) is 0 Å². The number of piperidine rings is 1. The first-order valence-corrected chi connectivity index (χ1v) is 13.2. The summed E-state index contributed by atoms with van der Waals surface area (Å²) in [6.45, 7) is 1.11. The number of hydrogen-bond acceptors (Lipinski definition) is 4. The highest BCUT2D eigenvalue weighted by atomic mass is 35.5. The molecule has 178 valence electrons. The van der Waals surface area contributed by atoms with Gasteiger partial charge in [0.15, 0.2) is 0 Å². The van der Waals surface area contributed by atoms with Crippen LogP contribution in [0, 0.1) is 5.92 Å². The fraction of sp³-hybridized carbons (Fsp3) is 0.269. The number of halogens is 1. The predicted octanol–water partition coefficient (Wildman–Crippen LogP) is 5.10. The number of nitrogens with one attached hydrogen (secondary N) is 1. The summed E-state index contributed by atoms with van der Waals surface area (Å²) < 4.78 is 32.8. The molecule has 1 heterocycles. The number of benzene rings is 3. The molecule has 0 aromatic heterocycles. The van der Waals surface area contributed by atoms with Crippen molar-refractivity contribution < 1.29 is 17.9 Å². The standard InChI is InChI=1S/C26H27ClN2O4S/c27-25-9-5-4-8-22(25)19-34(31,32)29-16-14-21(15-17-29)26(30)28-23-10-12-24(13-11-23)33-18-20-6-2-1-3-7-20/h1-13,21H,14-19H2,(H,28,30). The summed E-state index contributed by atoms with van der Waals surface area (Å²) >= 11 is 6.12. The van der Waals surface area contributed by atoms with Crippen LogP contribution in [0.1, 0.15) is 24.0 Å². The zero-order valence-electron chi connectivity index (χ0n) is 18.7. The Balaban J connectivity index is 1.26. The van der Waals surface area contributed by atoms with Crippen LogP contribution in [0.2, 0.25) is 5.02 Å². The lowest BCUT2D eigenvalue weighted by Gasteiger charge is -2.30. The van der Waals surface area contributed by atoms with E-state index in [0.29, 0.717) is 48.8 Å². The van der Waals surface area contributed by atoms with Crippen LogP contribution in [-0.4, -0.2) is 31.7 Å². The lowest BCUT2D eigenvalue weighted by Crippen LogP contribution is -2.41. The van der Waals surface area contributed by atoms with Crippen LogP contribution in [0.15, 0.2) is 78.9 Å². The molecule has 0 atom stereocenters. The van der Waals surface area contributed by atoms with Crippen molar-refractivity contribution in [2.45, 2.75) is 25.2 Å². The van der Waals surface area contributed by atoms with E-state index in [1.807, 2.05) is 42.5 Å². The third-order valence-corrected chi connectivity index (χ3v) is 8.08. The molecule has 0 radical (unpaired) electrons. The molecule has 1 aliphatic rings. The Morgan fingerprint density at radius 3 is 2.26 bits per heavy atom. The fourth-order valence-corrected chi connectivity index (χ4v) is 5.80. The molecular weight excluding hydrogens is 472 g/mol. The van der Waals surface area contributed by atoms with Crippen LogP contribution >= 0.6 is 11.6 Å². The number of ether oxygens (including phenoxy) is 1. The maximum absolute atomic E-state index is 12.8. The first kappa shape index (κ1) is 24.3. The lowest BCUT2D eigenvalue weighted by molar-refractivity contribution is -0.120. The van der Waals surface area contributed by atoms with Crippen LogP contribution in [0.5, 0.6) is 5.75 Å². The minimum absolute atomic E-state index is 0.0962. The number of carbonyl (C=O) groups excluding carboxylic acids is 1. The van der Waals surface area contributed by atoms with Gasteiger partial charge in [-0.2, -0.15) is 0 Å². The highest BCUT2D eigenvalue weighted by molar-refractivity contribution is 7.88. The smallest absolute Gasteiger partial charge is 0.227 e. The van der Waals surface area contributed by atoms with E-state index >= 15 is 0 Å². The maximum Gasteiger partial charge on any atom is 0.227 e. The van der Waals surface area contributed by atoms with E-state index in [1.165, 1.54) is 4.31 Å². The minimum Gasteiger partial charge on any atom is -0.489 e. The molecule has 0 bridgehead atoms. The fourth-order valence-electron chi connectivity index (χ4n) is 3.92. The molecule has 3 aromatic carbocycles. The Hall–Kier alpha value is -2.87. The van der Waals surface area contributed by atoms with Gasteiger partial charge in [0.2, 0.25) is 15.9 Å². The van der Waals surface area contributed by atoms with Crippen molar-refractivity contribution >= 4 is 33.2 Å². The topological polar surface area (TPSA) is 75.7 Å². The van der Waals surface area contributed by atoms with E-state index < -0.39 is 10.0 Å². The first-order valence-electron chi connectivity index (χ1n) is 11.2. The van der Waals surface area contributed by atoms with Gasteiger partial charge in [-0.25, -0.2) is 12.7 Å². The van der Waals surface area contributed by atoms with E-state index in [2.05, 4.69) is 5.32 Å². The van der Waals surface area contributed by atoms with E-state index in [0.717, 1.165) is 11.3 Å². The quantitative estimate of drug-likeness (QED) is 0.469. The Bertz CT molecular complexity index is 1210. The van der Waals surface area contributed by atoms with Crippen LogP contribution in [0.4, 0.5) is 5.69 Å². The molecule has 1 N–H and O–H groups in total. The molecule has 3 aromatic rings. The van der Waals surface area contributed by atoms with Crippen LogP contribution in [0.3, 0.4) is 0 Å². The van der Waals surface area contributed by atoms with E-state index in [-0.39, 0.29) is 17.6 Å². The highest BCUT2D eigenvalue weighted by Gasteiger charge is 2.31. The second-order valence-electron chi connectivity index (χ2n) is 8.31. The van der Waals surface area contributed by atoms with Crippen molar-refractivity contribution in [3.63, 3.8) is 0 Å². The normalized spacial score (nSPS) is 15.1. The predicted molar refractivity (Wildman–Crippen MR) is 134 cm³/mol. The van der Waals surface area contributed by atoms with Gasteiger partial charge in [-0.15, -0.1) is 0 Å². The van der Waals surface area contributed by atoms with E-state index in [1.54, 1.807) is 36.4 Å². The molecular formula is C26H27ClN2O4S. The number of nitrogens with zero attached hydrogens (tertiary/aromatic N) is 1. The Morgan fingerprint density at radius 1 is 0.941 bits per heavy atom. The second kappa shape index (κ2) is 11.0. The van der Waals surface area contributed by atoms with Gasteiger partial charge in [-0.3, -0.25) is 4.79 Å². The van der Waals surface area contributed by atoms with Crippen molar-refractivity contribution in [2.75, 3.05) is 18.4 Å². The molecule has 0 spiro atoms. The molecule has 8 heteroatoms. The van der Waals surface area contributed by atoms with E-state index in [9.17, 15) is 13.2 Å². The summed E-state index contributed by atoms with van der Waals surface area (Å²) in [5, 5.41) is 3.38. The van der Waals surface area contributed by atoms with Gasteiger partial charge in [0.25, 0.3) is 0 Å². The molecule has 1 aliphatic heterocycles. The third-order valence-electron chi connectivity index (χ3n) is 5.88. The SMILES string of the molecule is O=C(Nc1ccc(OCc2ccccc2)cc1)C1CCN(S(=O)(=O)Cc2ccccc2Cl)CC1. The molecule has 4 rings (SSSR count). The van der Waals surface area contributed by atoms with Crippen LogP contribution < -0.4 is 10.1 Å². The molecule has 1 fully saturated rings. The number of anilines is 1. The van der Waals surface area contributed by atoms with Gasteiger partial charge in [-0.1, -0.05) is 60.1 Å². The maximum atomic E-state index is 12.8. The zero-order chi connectivity index (χ0) is 24.0. The zero-order valence-corrected chi connectivity index (χ0v) is 20.3. The average molecular weight is 499 g/mol. The number of carbonyl (C=O) groups is 1. The van der Waals surface area contributed by atoms with Crippen LogP contribution in [0.25, 0.3) is 0 Å². The summed E-state index contributed by atoms with van der Waals surface area (Å²) in [7, 11) is -3.49. The second-order valence-corrected chi connectivity index (χ2v) is 10.7. The Labute approximate surface area is 205 Å². The lowest BCUT2D eigenvalue weighted by atomic mass is 9.97. The molecule has 0 unspecified atom stereocenters. The molecule has 1 amide bonds. The minimum atomic E-state index is -3.49. The molecule has 6 nitrogen and oxygen atoms in total. The van der Waals surface area contributed by atoms with Crippen LogP contribution in [-0.2, 0) is 27.2 Å². The summed E-state index contributed by atoms with van der Waals surface area (Å²) in [6, 6.07) is 24.1. The van der Waals surface area contributed by atoms with Gasteiger partial charge in [0.05, 0.1) is 5.75 Å². The van der Waals surface area contributed by atoms with Crippen molar-refractivity contribution in [2.24, 2.45) is 5.92 Å². The Morgan fingerprint density at radius 2 is 1.59 bits per heavy atom. The number of hydrogen-bond donors (Lipinski definition) is 1. The van der Waals surface area contributed by atoms with Gasteiger partial charge < -0.3 is 10.1 Å². The van der Waals surface area contributed by atoms with Gasteiger partial charge in [0, 0.05) is 29.7 Å². The number of sulfonamides is 1. The summed E-state index contributed by atoms with van der Waals surface area (Å²) in [5.41, 5.74) is 2.35. The highest BCUT2D eigenvalue weighted by Crippen LogP contribution is 2.25. The van der Waals surface area contributed by atoms with Crippen molar-refractivity contribution in [1.82, 2.24) is 4.31 Å². The summed E-state index contributed by atoms with van der Waals surface area (Å²) in [5.74, 6) is 0.253. The third kappa shape index (κ3) is 6.38. The number of amides is 1. The Kier molecular flexibility index (Phi) is 7.88. The van der Waals surface area contributed by atoms with Crippen molar-refractivity contribution in [3.8, 4) is 5.75 Å². The molecule has 0 saturated carbocycles. The monoisotopic (exact) mass is 498 g/mol. The first-order chi connectivity index (χ1) is 16.4. The van der Waals surface area contributed by atoms with Crippen molar-refractivity contribution in [3.05, 3.63) is 95.0 Å². The van der Waals surface area contributed by atoms with E-state index in [4.69, 9.17) is 16.3 Å². The molecule has 0 aliphatic carbocycles. The van der Waals surface area contributed by atoms with Gasteiger partial charge >= 0.3 is 0 Å². The largest absolute Gasteiger partial charge is 0.489 e. The summed E-state index contributed by atoms with van der Waals surface area (Å²) in [4.78, 5) is 12.7. The van der Waals surface area contributed by atoms with Gasteiger partial charge in [-0.05, 0) is 54.3 Å². The number of rotatable bonds is 8. The summed E-state index contributed by atoms with van der Waals surface area (Å²) in [6.07, 6.45) is 0.956. The average Bonchev–Trinajstić information content (AvgIpc) is 2.86. The van der Waals surface area contributed by atoms with Gasteiger partial charge in [0.1, 0.15) is 12.4 Å². The molecule has 34 heavy (non-hydrogen) atoms. The molecule has 1 saturated heterocycles.